The predicted molar refractivity (Wildman–Crippen MR) is 272 cm³/mol. The number of unbranched alkanes of at least 4 members (excludes halogenated alkanes) is 6. The average Bonchev–Trinajstić information content (AvgIpc) is 3.25. The quantitative estimate of drug-likeness (QED) is 0.0498. The zero-order valence-corrected chi connectivity index (χ0v) is 45.3. The standard InChI is InChI=1S/C52H91N7O13/c1-29(2)20-18-16-14-13-15-17-19-21-35-27-41(60)53-36(22-23-42(61)62)46(65)54-37(24-30(3)4)47(66)55-38(25-31(5)6)49(68)58-44(33(9)10)51(70)57-40(28-43(63)64)48(67)56-39(26-32(7)8)50(69)59-45(34(11)12)52(71)72-35/h29-40,44-45H,13-28H2,1-12H3,(H,53,60)(H,54,65)(H,55,66)(H,56,67)(H,57,70)(H,58,68)(H,59,69)(H,61,62)(H,63,64)/t35?,36-,37-,38+,39+,40-,44-,45-/m0/s1. The summed E-state index contributed by atoms with van der Waals surface area (Å²) in [6, 6.07) is -9.67. The Hall–Kier alpha value is -5.30. The van der Waals surface area contributed by atoms with Gasteiger partial charge in [0.2, 0.25) is 41.4 Å². The number of esters is 1. The van der Waals surface area contributed by atoms with Crippen molar-refractivity contribution in [3.8, 4) is 0 Å². The van der Waals surface area contributed by atoms with Crippen LogP contribution in [0.4, 0.5) is 0 Å². The van der Waals surface area contributed by atoms with Crippen LogP contribution in [0.2, 0.25) is 0 Å². The van der Waals surface area contributed by atoms with Gasteiger partial charge in [-0.05, 0) is 74.0 Å². The third-order valence-corrected chi connectivity index (χ3v) is 12.3. The minimum atomic E-state index is -1.72. The molecule has 20 nitrogen and oxygen atoms in total. The van der Waals surface area contributed by atoms with Crippen molar-refractivity contribution in [2.45, 2.75) is 234 Å². The monoisotopic (exact) mass is 1020 g/mol. The van der Waals surface area contributed by atoms with Gasteiger partial charge < -0.3 is 52.2 Å². The van der Waals surface area contributed by atoms with Crippen LogP contribution < -0.4 is 37.2 Å². The normalized spacial score (nSPS) is 24.2. The SMILES string of the molecule is CC(C)CCCCCCCCCC1CC(=O)N[C@@H](CCC(=O)O)C(=O)N[C@@H](CC(C)C)C(=O)N[C@H](CC(C)C)C(=O)N[C@@H](C(C)C)C(=O)N[C@@H](CC(=O)O)C(=O)N[C@H](CC(C)C)C(=O)N[C@@H](C(C)C)C(=O)O1. The van der Waals surface area contributed by atoms with E-state index in [1.54, 1.807) is 69.2 Å². The minimum Gasteiger partial charge on any atom is -0.481 e. The van der Waals surface area contributed by atoms with E-state index in [2.05, 4.69) is 51.1 Å². The van der Waals surface area contributed by atoms with E-state index in [0.29, 0.717) is 12.3 Å². The highest BCUT2D eigenvalue weighted by atomic mass is 16.5. The molecule has 0 aromatic carbocycles. The van der Waals surface area contributed by atoms with Gasteiger partial charge in [-0.15, -0.1) is 0 Å². The lowest BCUT2D eigenvalue weighted by molar-refractivity contribution is -0.156. The topological polar surface area (TPSA) is 305 Å². The molecule has 0 spiro atoms. The lowest BCUT2D eigenvalue weighted by Crippen LogP contribution is -2.61. The van der Waals surface area contributed by atoms with Crippen LogP contribution in [0, 0.1) is 35.5 Å². The molecule has 0 bridgehead atoms. The number of hydrogen-bond donors (Lipinski definition) is 9. The van der Waals surface area contributed by atoms with E-state index in [1.807, 2.05) is 0 Å². The summed E-state index contributed by atoms with van der Waals surface area (Å²) in [4.78, 5) is 136. The molecule has 9 N–H and O–H groups in total. The fourth-order valence-corrected chi connectivity index (χ4v) is 8.36. The molecule has 0 aromatic heterocycles. The maximum absolute atomic E-state index is 14.1. The Kier molecular flexibility index (Phi) is 30.0. The van der Waals surface area contributed by atoms with Crippen molar-refractivity contribution in [3.05, 3.63) is 0 Å². The molecular weight excluding hydrogens is 931 g/mol. The zero-order valence-electron chi connectivity index (χ0n) is 45.3. The van der Waals surface area contributed by atoms with Crippen LogP contribution in [0.1, 0.15) is 186 Å². The van der Waals surface area contributed by atoms with Crippen molar-refractivity contribution in [1.29, 1.82) is 0 Å². The number of carboxylic acid groups (broad SMARTS) is 2. The van der Waals surface area contributed by atoms with E-state index in [1.165, 1.54) is 0 Å². The molecule has 0 aromatic rings. The van der Waals surface area contributed by atoms with Crippen LogP contribution in [0.25, 0.3) is 0 Å². The Morgan fingerprint density at radius 3 is 1.29 bits per heavy atom. The molecule has 1 rings (SSSR count). The van der Waals surface area contributed by atoms with Gasteiger partial charge in [-0.3, -0.25) is 43.2 Å². The average molecular weight is 1020 g/mol. The molecule has 1 heterocycles. The number of carbonyl (C=O) groups excluding carboxylic acids is 8. The van der Waals surface area contributed by atoms with Gasteiger partial charge in [0.05, 0.1) is 12.8 Å². The van der Waals surface area contributed by atoms with Gasteiger partial charge in [-0.1, -0.05) is 128 Å². The van der Waals surface area contributed by atoms with Crippen molar-refractivity contribution in [1.82, 2.24) is 37.2 Å². The molecule has 0 radical (unpaired) electrons. The van der Waals surface area contributed by atoms with Crippen LogP contribution in [0.15, 0.2) is 0 Å². The van der Waals surface area contributed by atoms with Gasteiger partial charge >= 0.3 is 17.9 Å². The smallest absolute Gasteiger partial charge is 0.329 e. The molecule has 7 amide bonds. The van der Waals surface area contributed by atoms with E-state index in [0.717, 1.165) is 44.9 Å². The number of carboxylic acids is 2. The van der Waals surface area contributed by atoms with E-state index in [4.69, 9.17) is 4.74 Å². The molecule has 1 aliphatic rings. The van der Waals surface area contributed by atoms with Crippen LogP contribution >= 0.6 is 0 Å². The maximum atomic E-state index is 14.1. The van der Waals surface area contributed by atoms with Crippen LogP contribution in [0.3, 0.4) is 0 Å². The number of ether oxygens (including phenoxy) is 1. The number of hydrogen-bond acceptors (Lipinski definition) is 11. The minimum absolute atomic E-state index is 0.0357. The summed E-state index contributed by atoms with van der Waals surface area (Å²) in [5, 5.41) is 37.8. The van der Waals surface area contributed by atoms with Crippen molar-refractivity contribution < 1.29 is 62.9 Å². The van der Waals surface area contributed by atoms with Crippen LogP contribution in [-0.2, 0) is 52.7 Å². The Morgan fingerprint density at radius 1 is 0.458 bits per heavy atom. The lowest BCUT2D eigenvalue weighted by Gasteiger charge is -2.29. The van der Waals surface area contributed by atoms with E-state index in [9.17, 15) is 58.2 Å². The largest absolute Gasteiger partial charge is 0.481 e. The summed E-state index contributed by atoms with van der Waals surface area (Å²) < 4.78 is 6.00. The summed E-state index contributed by atoms with van der Waals surface area (Å²) in [5.41, 5.74) is 0. The fraction of sp³-hybridized carbons (Fsp3) is 0.808. The number of aliphatic carboxylic acids is 2. The number of rotatable bonds is 23. The van der Waals surface area contributed by atoms with Gasteiger partial charge in [-0.25, -0.2) is 4.79 Å². The second-order valence-corrected chi connectivity index (χ2v) is 22.0. The van der Waals surface area contributed by atoms with Crippen LogP contribution in [0.5, 0.6) is 0 Å². The molecule has 412 valence electrons. The second-order valence-electron chi connectivity index (χ2n) is 22.0. The number of cyclic esters (lactones) is 1. The van der Waals surface area contributed by atoms with E-state index >= 15 is 0 Å². The van der Waals surface area contributed by atoms with Gasteiger partial charge in [0.1, 0.15) is 48.4 Å². The van der Waals surface area contributed by atoms with Crippen molar-refractivity contribution in [2.75, 3.05) is 0 Å². The van der Waals surface area contributed by atoms with Gasteiger partial charge in [-0.2, -0.15) is 0 Å². The summed E-state index contributed by atoms with van der Waals surface area (Å²) >= 11 is 0. The van der Waals surface area contributed by atoms with Crippen molar-refractivity contribution in [2.24, 2.45) is 35.5 Å². The van der Waals surface area contributed by atoms with E-state index in [-0.39, 0.29) is 49.9 Å². The highest BCUT2D eigenvalue weighted by Gasteiger charge is 2.37. The molecule has 1 unspecified atom stereocenters. The Balaban J connectivity index is 3.92. The Labute approximate surface area is 428 Å². The summed E-state index contributed by atoms with van der Waals surface area (Å²) in [7, 11) is 0. The molecule has 72 heavy (non-hydrogen) atoms. The van der Waals surface area contributed by atoms with Gasteiger partial charge in [0.15, 0.2) is 0 Å². The number of nitrogens with one attached hydrogen (secondary N) is 7. The Morgan fingerprint density at radius 2 is 0.861 bits per heavy atom. The third-order valence-electron chi connectivity index (χ3n) is 12.3. The first-order chi connectivity index (χ1) is 33.6. The lowest BCUT2D eigenvalue weighted by atomic mass is 9.98. The predicted octanol–water partition coefficient (Wildman–Crippen LogP) is 4.65. The highest BCUT2D eigenvalue weighted by Crippen LogP contribution is 2.19. The molecule has 1 aliphatic heterocycles. The first-order valence-electron chi connectivity index (χ1n) is 26.4. The van der Waals surface area contributed by atoms with Crippen molar-refractivity contribution in [3.63, 3.8) is 0 Å². The number of amides is 7. The third kappa shape index (κ3) is 26.4. The molecular formula is C52H91N7O13. The second kappa shape index (κ2) is 33.4. The molecule has 20 heteroatoms. The Bertz CT molecular complexity index is 1790. The fourth-order valence-electron chi connectivity index (χ4n) is 8.36. The molecule has 0 saturated carbocycles. The molecule has 1 saturated heterocycles. The maximum Gasteiger partial charge on any atom is 0.329 e. The van der Waals surface area contributed by atoms with Gasteiger partial charge in [0, 0.05) is 6.42 Å². The summed E-state index contributed by atoms with van der Waals surface area (Å²) in [6.45, 7) is 21.7. The van der Waals surface area contributed by atoms with Crippen molar-refractivity contribution >= 4 is 59.3 Å². The first kappa shape index (κ1) is 64.7. The zero-order chi connectivity index (χ0) is 54.8. The summed E-state index contributed by atoms with van der Waals surface area (Å²) in [5.74, 6) is -10.6. The summed E-state index contributed by atoms with van der Waals surface area (Å²) in [6.07, 6.45) is 4.91. The van der Waals surface area contributed by atoms with E-state index < -0.39 is 139 Å². The molecule has 8 atom stereocenters. The molecule has 1 fully saturated rings. The first-order valence-corrected chi connectivity index (χ1v) is 26.4. The van der Waals surface area contributed by atoms with Crippen LogP contribution in [-0.4, -0.2) is 118 Å². The number of carbonyl (C=O) groups is 10. The van der Waals surface area contributed by atoms with Gasteiger partial charge in [0.25, 0.3) is 0 Å². The highest BCUT2D eigenvalue weighted by molar-refractivity contribution is 5.98. The molecule has 0 aliphatic carbocycles.